The van der Waals surface area contributed by atoms with E-state index in [1.54, 1.807) is 37.8 Å². The van der Waals surface area contributed by atoms with Crippen LogP contribution in [0.4, 0.5) is 0 Å². The maximum absolute atomic E-state index is 13.5. The number of halogens is 1. The lowest BCUT2D eigenvalue weighted by Gasteiger charge is -2.42. The lowest BCUT2D eigenvalue weighted by atomic mass is 9.71. The van der Waals surface area contributed by atoms with Gasteiger partial charge < -0.3 is 19.4 Å². The average molecular weight is 764 g/mol. The van der Waals surface area contributed by atoms with Crippen molar-refractivity contribution in [3.8, 4) is 5.82 Å². The number of hydrogen-bond acceptors (Lipinski definition) is 10. The van der Waals surface area contributed by atoms with Gasteiger partial charge in [-0.25, -0.2) is 14.7 Å². The van der Waals surface area contributed by atoms with Gasteiger partial charge in [-0.2, -0.15) is 5.10 Å². The minimum atomic E-state index is -1.56. The first-order valence-corrected chi connectivity index (χ1v) is 17.3. The van der Waals surface area contributed by atoms with E-state index in [1.807, 2.05) is 67.8 Å². The lowest BCUT2D eigenvalue weighted by molar-refractivity contribution is -0.164. The zero-order valence-corrected chi connectivity index (χ0v) is 30.3. The van der Waals surface area contributed by atoms with Crippen LogP contribution in [0.15, 0.2) is 46.9 Å². The fraction of sp³-hybridized carbons (Fsp3) is 0.618. The monoisotopic (exact) mass is 763 g/mol. The molecule has 2 aromatic heterocycles. The van der Waals surface area contributed by atoms with Crippen molar-refractivity contribution >= 4 is 51.7 Å². The number of aromatic nitrogens is 3. The molecule has 47 heavy (non-hydrogen) atoms. The number of carbonyl (C=O) groups is 3. The molecule has 0 saturated carbocycles. The first-order valence-electron chi connectivity index (χ1n) is 16.1. The van der Waals surface area contributed by atoms with Gasteiger partial charge in [0.1, 0.15) is 23.9 Å². The van der Waals surface area contributed by atoms with Crippen LogP contribution in [0.5, 0.6) is 0 Å². The van der Waals surface area contributed by atoms with Crippen molar-refractivity contribution in [2.75, 3.05) is 6.61 Å². The van der Waals surface area contributed by atoms with Crippen molar-refractivity contribution in [3.63, 3.8) is 0 Å². The number of esters is 1. The maximum Gasteiger partial charge on any atom is 0.317 e. The van der Waals surface area contributed by atoms with Crippen LogP contribution in [0.3, 0.4) is 0 Å². The third-order valence-corrected chi connectivity index (χ3v) is 10.9. The Kier molecular flexibility index (Phi) is 12.1. The molecule has 2 saturated heterocycles. The van der Waals surface area contributed by atoms with E-state index in [9.17, 15) is 19.5 Å². The molecule has 2 aliphatic heterocycles. The number of aliphatic imine (C=N–C) groups is 1. The van der Waals surface area contributed by atoms with Gasteiger partial charge in [-0.15, -0.1) is 0 Å². The van der Waals surface area contributed by atoms with E-state index in [4.69, 9.17) is 14.3 Å². The molecule has 1 amide bonds. The highest BCUT2D eigenvalue weighted by molar-refractivity contribution is 14.1. The number of Topliss-reactive ketones (excluding diaryl/α,β-unsaturated/α-hetero) is 1. The molecule has 0 radical (unpaired) electrons. The molecule has 0 unspecified atom stereocenters. The number of amides is 1. The molecule has 4 heterocycles. The molecular weight excluding hydrogens is 717 g/mol. The van der Waals surface area contributed by atoms with Crippen LogP contribution in [0.25, 0.3) is 5.82 Å². The van der Waals surface area contributed by atoms with Gasteiger partial charge in [0.25, 0.3) is 0 Å². The van der Waals surface area contributed by atoms with Crippen LogP contribution in [0, 0.1) is 29.6 Å². The van der Waals surface area contributed by atoms with Gasteiger partial charge in [-0.3, -0.25) is 14.4 Å². The van der Waals surface area contributed by atoms with E-state index >= 15 is 0 Å². The molecule has 12 nitrogen and oxygen atoms in total. The van der Waals surface area contributed by atoms with E-state index in [-0.39, 0.29) is 36.7 Å². The van der Waals surface area contributed by atoms with Gasteiger partial charge in [-0.05, 0) is 93.0 Å². The number of rotatable bonds is 4. The molecule has 2 aliphatic rings. The van der Waals surface area contributed by atoms with Crippen LogP contribution >= 0.6 is 22.6 Å². The molecule has 256 valence electrons. The zero-order valence-electron chi connectivity index (χ0n) is 28.2. The maximum atomic E-state index is 13.5. The number of ether oxygens (including phenoxy) is 2. The second-order valence-electron chi connectivity index (χ2n) is 13.4. The summed E-state index contributed by atoms with van der Waals surface area (Å²) in [6.45, 7) is 12.6. The molecule has 0 aromatic carbocycles. The van der Waals surface area contributed by atoms with Gasteiger partial charge in [0.15, 0.2) is 9.93 Å². The number of aliphatic hydroxyl groups is 1. The molecule has 1 N–H and O–H groups in total. The van der Waals surface area contributed by atoms with Gasteiger partial charge in [-0.1, -0.05) is 32.0 Å². The van der Waals surface area contributed by atoms with Crippen molar-refractivity contribution in [2.45, 2.75) is 96.1 Å². The SMILES string of the molecule is CC(=O)/N=C1\[C@H](C)C[C@]2(C)C[C@@H](C)C(=O)[C@@H](C)C(=O)O[C@H](I)[C@@](C)(O)[C@H](CC/C(=N\OCc3ccc(-n4cccn4)nc3)CO2)[C@H]1C. The second-order valence-corrected chi connectivity index (χ2v) is 14.6. The Bertz CT molecular complexity index is 1480. The van der Waals surface area contributed by atoms with Crippen molar-refractivity contribution in [1.29, 1.82) is 0 Å². The highest BCUT2D eigenvalue weighted by Gasteiger charge is 2.47. The molecule has 2 fully saturated rings. The van der Waals surface area contributed by atoms with Gasteiger partial charge >= 0.3 is 5.97 Å². The largest absolute Gasteiger partial charge is 0.448 e. The molecule has 4 rings (SSSR count). The van der Waals surface area contributed by atoms with E-state index < -0.39 is 39.0 Å². The number of ketones is 1. The molecule has 2 bridgehead atoms. The number of pyridine rings is 1. The fourth-order valence-electron chi connectivity index (χ4n) is 6.80. The molecular formula is C34H46IN5O7. The molecule has 0 aliphatic carbocycles. The molecule has 0 spiro atoms. The minimum absolute atomic E-state index is 0.127. The Morgan fingerprint density at radius 1 is 1.17 bits per heavy atom. The number of hydrogen-bond donors (Lipinski definition) is 1. The van der Waals surface area contributed by atoms with Gasteiger partial charge in [0, 0.05) is 48.6 Å². The quantitative estimate of drug-likeness (QED) is 0.144. The van der Waals surface area contributed by atoms with Crippen molar-refractivity contribution < 1.29 is 33.8 Å². The summed E-state index contributed by atoms with van der Waals surface area (Å²) >= 11 is 1.92. The van der Waals surface area contributed by atoms with Gasteiger partial charge in [0.2, 0.25) is 5.91 Å². The van der Waals surface area contributed by atoms with Crippen molar-refractivity contribution in [1.82, 2.24) is 14.8 Å². The summed E-state index contributed by atoms with van der Waals surface area (Å²) in [6.07, 6.45) is 6.77. The number of carbonyl (C=O) groups excluding carboxylic acids is 3. The first kappa shape index (κ1) is 36.8. The molecule has 8 atom stereocenters. The third-order valence-electron chi connectivity index (χ3n) is 9.34. The van der Waals surface area contributed by atoms with Crippen LogP contribution in [0.2, 0.25) is 0 Å². The Morgan fingerprint density at radius 3 is 2.53 bits per heavy atom. The number of cyclic esters (lactones) is 1. The van der Waals surface area contributed by atoms with Gasteiger partial charge in [0.05, 0.1) is 17.9 Å². The highest BCUT2D eigenvalue weighted by Crippen LogP contribution is 2.41. The summed E-state index contributed by atoms with van der Waals surface area (Å²) < 4.78 is 13.0. The second kappa shape index (κ2) is 15.5. The van der Waals surface area contributed by atoms with Crippen LogP contribution < -0.4 is 0 Å². The average Bonchev–Trinajstić information content (AvgIpc) is 3.55. The van der Waals surface area contributed by atoms with Crippen molar-refractivity contribution in [2.24, 2.45) is 39.7 Å². The predicted molar refractivity (Wildman–Crippen MR) is 184 cm³/mol. The summed E-state index contributed by atoms with van der Waals surface area (Å²) in [6, 6.07) is 5.56. The van der Waals surface area contributed by atoms with E-state index in [0.29, 0.717) is 42.9 Å². The smallest absolute Gasteiger partial charge is 0.317 e. The van der Waals surface area contributed by atoms with E-state index in [1.165, 1.54) is 6.92 Å². The first-order chi connectivity index (χ1) is 22.1. The number of alkyl halides is 1. The molecule has 2 aromatic rings. The Labute approximate surface area is 289 Å². The zero-order chi connectivity index (χ0) is 34.5. The third kappa shape index (κ3) is 9.11. The molecule has 13 heteroatoms. The highest BCUT2D eigenvalue weighted by atomic mass is 127. The standard InChI is InChI=1S/C34H46IN5O7/c1-20-15-33(6)16-21(2)30(42)23(4)31(43)47-32(35)34(7,44)27(22(3)29(20)38-24(5)41)11-10-26(19-45-33)39-46-18-25-9-12-28(36-17-25)40-14-8-13-37-40/h8-9,12-14,17,20-23,27,32,44H,10-11,15-16,18-19H2,1-7H3/b38-29+,39-26+/t20-,21-,22-,23-,27-,32+,33-,34+/m1/s1. The Hall–Kier alpha value is -3.04. The minimum Gasteiger partial charge on any atom is -0.448 e. The predicted octanol–water partition coefficient (Wildman–Crippen LogP) is 5.28. The lowest BCUT2D eigenvalue weighted by Crippen LogP contribution is -2.51. The van der Waals surface area contributed by atoms with E-state index in [2.05, 4.69) is 20.2 Å². The fourth-order valence-corrected chi connectivity index (χ4v) is 7.51. The van der Waals surface area contributed by atoms with Crippen LogP contribution in [-0.4, -0.2) is 70.9 Å². The summed E-state index contributed by atoms with van der Waals surface area (Å²) in [7, 11) is 0. The summed E-state index contributed by atoms with van der Waals surface area (Å²) in [5.41, 5.74) is -0.331. The van der Waals surface area contributed by atoms with Crippen molar-refractivity contribution in [3.05, 3.63) is 42.4 Å². The topological polar surface area (TPSA) is 155 Å². The Balaban J connectivity index is 1.72. The van der Waals surface area contributed by atoms with Crippen LogP contribution in [-0.2, 0) is 35.3 Å². The van der Waals surface area contributed by atoms with E-state index in [0.717, 1.165) is 5.56 Å². The number of fused-ring (bicyclic) bond motifs is 5. The summed E-state index contributed by atoms with van der Waals surface area (Å²) in [4.78, 5) is 53.8. The summed E-state index contributed by atoms with van der Waals surface area (Å²) in [5.74, 6) is -3.26. The normalized spacial score (nSPS) is 34.7. The van der Waals surface area contributed by atoms with Crippen LogP contribution in [0.1, 0.15) is 79.7 Å². The number of nitrogens with zero attached hydrogens (tertiary/aromatic N) is 5. The number of oxime groups is 1. The summed E-state index contributed by atoms with van der Waals surface area (Å²) in [5, 5.41) is 20.8. The Morgan fingerprint density at radius 2 is 1.89 bits per heavy atom.